The number of rotatable bonds is 4. The molecule has 1 rings (SSSR count). The number of carbonyl (C=O) groups is 2. The molecule has 0 radical (unpaired) electrons. The molecule has 0 saturated carbocycles. The van der Waals surface area contributed by atoms with Crippen LogP contribution in [0.4, 0.5) is 0 Å². The Hall–Kier alpha value is -0.860. The molecule has 3 heteroatoms. The first kappa shape index (κ1) is 11.2. The largest absolute Gasteiger partial charge is 0.465 e. The molecule has 1 aliphatic rings. The molecule has 1 saturated heterocycles. The Balaban J connectivity index is 2.82. The third-order valence-corrected chi connectivity index (χ3v) is 3.22. The van der Waals surface area contributed by atoms with Crippen molar-refractivity contribution < 1.29 is 14.3 Å². The predicted molar refractivity (Wildman–Crippen MR) is 52.8 cm³/mol. The third-order valence-electron chi connectivity index (χ3n) is 3.22. The molecule has 3 nitrogen and oxygen atoms in total. The molecule has 0 bridgehead atoms. The molecule has 0 aromatic rings. The number of ketones is 1. The minimum Gasteiger partial charge on any atom is -0.465 e. The van der Waals surface area contributed by atoms with Gasteiger partial charge in [-0.3, -0.25) is 9.59 Å². The second kappa shape index (κ2) is 4.11. The molecule has 0 N–H and O–H groups in total. The Kier molecular flexibility index (Phi) is 3.29. The van der Waals surface area contributed by atoms with Crippen LogP contribution in [0.5, 0.6) is 0 Å². The normalized spacial score (nSPS) is 28.6. The number of cyclic esters (lactones) is 1. The zero-order chi connectivity index (χ0) is 10.8. The lowest BCUT2D eigenvalue weighted by atomic mass is 9.75. The maximum absolute atomic E-state index is 11.5. The Morgan fingerprint density at radius 3 is 2.64 bits per heavy atom. The van der Waals surface area contributed by atoms with Crippen LogP contribution in [-0.4, -0.2) is 18.4 Å². The summed E-state index contributed by atoms with van der Waals surface area (Å²) in [6.45, 7) is 6.03. The number of Topliss-reactive ketones (excluding diaryl/α,β-unsaturated/α-hetero) is 1. The van der Waals surface area contributed by atoms with Crippen LogP contribution in [0.1, 0.15) is 40.0 Å². The summed E-state index contributed by atoms with van der Waals surface area (Å²) >= 11 is 0. The monoisotopic (exact) mass is 198 g/mol. The van der Waals surface area contributed by atoms with Gasteiger partial charge in [0.05, 0.1) is 6.61 Å². The van der Waals surface area contributed by atoms with E-state index in [2.05, 4.69) is 13.8 Å². The zero-order valence-corrected chi connectivity index (χ0v) is 9.13. The predicted octanol–water partition coefficient (Wildman–Crippen LogP) is 1.94. The highest BCUT2D eigenvalue weighted by atomic mass is 16.5. The molecule has 1 fully saturated rings. The van der Waals surface area contributed by atoms with Gasteiger partial charge in [-0.2, -0.15) is 0 Å². The van der Waals surface area contributed by atoms with E-state index in [0.29, 0.717) is 25.4 Å². The second-order valence-corrected chi connectivity index (χ2v) is 4.24. The van der Waals surface area contributed by atoms with Gasteiger partial charge in [0.1, 0.15) is 11.2 Å². The molecule has 0 amide bonds. The molecule has 2 atom stereocenters. The van der Waals surface area contributed by atoms with Crippen LogP contribution in [0.2, 0.25) is 0 Å². The average Bonchev–Trinajstić information content (AvgIpc) is 2.49. The molecule has 1 aliphatic heterocycles. The van der Waals surface area contributed by atoms with E-state index in [1.807, 2.05) is 0 Å². The van der Waals surface area contributed by atoms with Crippen LogP contribution in [-0.2, 0) is 14.3 Å². The van der Waals surface area contributed by atoms with Gasteiger partial charge in [0.25, 0.3) is 0 Å². The number of esters is 1. The molecular formula is C11H18O3. The summed E-state index contributed by atoms with van der Waals surface area (Å²) < 4.78 is 4.92. The minimum atomic E-state index is -0.824. The molecule has 2 unspecified atom stereocenters. The summed E-state index contributed by atoms with van der Waals surface area (Å²) in [5.74, 6) is 0.0372. The lowest BCUT2D eigenvalue weighted by Crippen LogP contribution is -2.35. The van der Waals surface area contributed by atoms with Crippen LogP contribution in [0.3, 0.4) is 0 Å². The van der Waals surface area contributed by atoms with E-state index >= 15 is 0 Å². The standard InChI is InChI=1S/C11H18O3/c1-4-8(2)7-11(9(3)12)5-6-14-10(11)13/h8H,4-7H2,1-3H3. The molecule has 14 heavy (non-hydrogen) atoms. The summed E-state index contributed by atoms with van der Waals surface area (Å²) in [4.78, 5) is 23.1. The summed E-state index contributed by atoms with van der Waals surface area (Å²) in [6.07, 6.45) is 2.19. The van der Waals surface area contributed by atoms with E-state index < -0.39 is 5.41 Å². The highest BCUT2D eigenvalue weighted by Gasteiger charge is 2.49. The first-order chi connectivity index (χ1) is 6.53. The first-order valence-electron chi connectivity index (χ1n) is 5.21. The Morgan fingerprint density at radius 2 is 2.29 bits per heavy atom. The van der Waals surface area contributed by atoms with Crippen molar-refractivity contribution in [2.24, 2.45) is 11.3 Å². The van der Waals surface area contributed by atoms with Crippen LogP contribution in [0, 0.1) is 11.3 Å². The fourth-order valence-corrected chi connectivity index (χ4v) is 1.95. The van der Waals surface area contributed by atoms with Gasteiger partial charge < -0.3 is 4.74 Å². The maximum atomic E-state index is 11.5. The summed E-state index contributed by atoms with van der Waals surface area (Å²) in [5.41, 5.74) is -0.824. The quantitative estimate of drug-likeness (QED) is 0.512. The van der Waals surface area contributed by atoms with Gasteiger partial charge in [0.15, 0.2) is 0 Å². The molecule has 0 spiro atoms. The SMILES string of the molecule is CCC(C)CC1(C(C)=O)CCOC1=O. The lowest BCUT2D eigenvalue weighted by Gasteiger charge is -2.24. The van der Waals surface area contributed by atoms with Gasteiger partial charge in [-0.1, -0.05) is 20.3 Å². The molecule has 0 aliphatic carbocycles. The van der Waals surface area contributed by atoms with Crippen LogP contribution < -0.4 is 0 Å². The number of hydrogen-bond donors (Lipinski definition) is 0. The van der Waals surface area contributed by atoms with Crippen LogP contribution >= 0.6 is 0 Å². The summed E-state index contributed by atoms with van der Waals surface area (Å²) in [5, 5.41) is 0. The smallest absolute Gasteiger partial charge is 0.319 e. The summed E-state index contributed by atoms with van der Waals surface area (Å²) in [7, 11) is 0. The van der Waals surface area contributed by atoms with Crippen molar-refractivity contribution in [3.05, 3.63) is 0 Å². The molecule has 0 aromatic heterocycles. The number of hydrogen-bond acceptors (Lipinski definition) is 3. The first-order valence-corrected chi connectivity index (χ1v) is 5.21. The van der Waals surface area contributed by atoms with E-state index in [1.54, 1.807) is 0 Å². The van der Waals surface area contributed by atoms with Crippen molar-refractivity contribution in [3.63, 3.8) is 0 Å². The van der Waals surface area contributed by atoms with E-state index in [9.17, 15) is 9.59 Å². The highest BCUT2D eigenvalue weighted by Crippen LogP contribution is 2.38. The topological polar surface area (TPSA) is 43.4 Å². The van der Waals surface area contributed by atoms with Gasteiger partial charge >= 0.3 is 5.97 Å². The van der Waals surface area contributed by atoms with Crippen molar-refractivity contribution in [2.45, 2.75) is 40.0 Å². The lowest BCUT2D eigenvalue weighted by molar-refractivity contribution is -0.151. The molecule has 80 valence electrons. The zero-order valence-electron chi connectivity index (χ0n) is 9.13. The fourth-order valence-electron chi connectivity index (χ4n) is 1.95. The van der Waals surface area contributed by atoms with Gasteiger partial charge in [0, 0.05) is 6.42 Å². The van der Waals surface area contributed by atoms with Gasteiger partial charge in [0.2, 0.25) is 0 Å². The molecule has 1 heterocycles. The Bertz CT molecular complexity index is 247. The number of carbonyl (C=O) groups excluding carboxylic acids is 2. The average molecular weight is 198 g/mol. The second-order valence-electron chi connectivity index (χ2n) is 4.24. The highest BCUT2D eigenvalue weighted by molar-refractivity contribution is 6.03. The van der Waals surface area contributed by atoms with E-state index in [0.717, 1.165) is 6.42 Å². The Morgan fingerprint density at radius 1 is 1.64 bits per heavy atom. The van der Waals surface area contributed by atoms with E-state index in [1.165, 1.54) is 6.92 Å². The molecular weight excluding hydrogens is 180 g/mol. The summed E-state index contributed by atoms with van der Waals surface area (Å²) in [6, 6.07) is 0. The van der Waals surface area contributed by atoms with Gasteiger partial charge in [-0.05, 0) is 19.3 Å². The third kappa shape index (κ3) is 1.81. The van der Waals surface area contributed by atoms with Crippen LogP contribution in [0.25, 0.3) is 0 Å². The van der Waals surface area contributed by atoms with Gasteiger partial charge in [-0.25, -0.2) is 0 Å². The van der Waals surface area contributed by atoms with E-state index in [-0.39, 0.29) is 11.8 Å². The molecule has 0 aromatic carbocycles. The Labute approximate surface area is 84.8 Å². The van der Waals surface area contributed by atoms with Crippen molar-refractivity contribution in [1.82, 2.24) is 0 Å². The van der Waals surface area contributed by atoms with Crippen LogP contribution in [0.15, 0.2) is 0 Å². The van der Waals surface area contributed by atoms with Crippen molar-refractivity contribution in [3.8, 4) is 0 Å². The van der Waals surface area contributed by atoms with Crippen molar-refractivity contribution >= 4 is 11.8 Å². The van der Waals surface area contributed by atoms with Gasteiger partial charge in [-0.15, -0.1) is 0 Å². The number of ether oxygens (including phenoxy) is 1. The van der Waals surface area contributed by atoms with Crippen molar-refractivity contribution in [1.29, 1.82) is 0 Å². The fraction of sp³-hybridized carbons (Fsp3) is 0.818. The van der Waals surface area contributed by atoms with E-state index in [4.69, 9.17) is 4.74 Å². The minimum absolute atomic E-state index is 0.0414. The van der Waals surface area contributed by atoms with Crippen molar-refractivity contribution in [2.75, 3.05) is 6.61 Å². The maximum Gasteiger partial charge on any atom is 0.319 e.